The van der Waals surface area contributed by atoms with Gasteiger partial charge in [-0.2, -0.15) is 0 Å². The molecule has 1 aliphatic rings. The zero-order valence-corrected chi connectivity index (χ0v) is 11.3. The van der Waals surface area contributed by atoms with Gasteiger partial charge in [0.05, 0.1) is 18.1 Å². The number of ether oxygens (including phenoxy) is 2. The van der Waals surface area contributed by atoms with Gasteiger partial charge < -0.3 is 9.47 Å². The molecule has 0 N–H and O–H groups in total. The van der Waals surface area contributed by atoms with Gasteiger partial charge in [-0.15, -0.1) is 0 Å². The molecule has 0 radical (unpaired) electrons. The number of nitrogens with zero attached hydrogens (tertiary/aromatic N) is 1. The summed E-state index contributed by atoms with van der Waals surface area (Å²) in [6.45, 7) is 4.37. The number of carbonyl (C=O) groups is 1. The fraction of sp³-hybridized carbons (Fsp3) is 0.357. The first-order chi connectivity index (χ1) is 9.46. The molecule has 1 saturated heterocycles. The van der Waals surface area contributed by atoms with Gasteiger partial charge in [0.25, 0.3) is 5.69 Å². The van der Waals surface area contributed by atoms with Gasteiger partial charge in [-0.3, -0.25) is 14.9 Å². The second-order valence-corrected chi connectivity index (χ2v) is 4.63. The van der Waals surface area contributed by atoms with Crippen LogP contribution in [0, 0.1) is 10.1 Å². The SMILES string of the molecule is CCOc1ccc([N+](=O)[O-])cc1/C=C/C(=O)[C@]1(C)CO1. The quantitative estimate of drug-likeness (QED) is 0.345. The van der Waals surface area contributed by atoms with Crippen LogP contribution in [0.5, 0.6) is 5.75 Å². The van der Waals surface area contributed by atoms with Crippen LogP contribution in [0.1, 0.15) is 19.4 Å². The van der Waals surface area contributed by atoms with Crippen LogP contribution in [0.3, 0.4) is 0 Å². The third-order valence-electron chi connectivity index (χ3n) is 3.02. The lowest BCUT2D eigenvalue weighted by Gasteiger charge is -2.07. The Bertz CT molecular complexity index is 575. The minimum absolute atomic E-state index is 0.0468. The third-order valence-corrected chi connectivity index (χ3v) is 3.02. The van der Waals surface area contributed by atoms with Crippen molar-refractivity contribution in [3.05, 3.63) is 40.0 Å². The summed E-state index contributed by atoms with van der Waals surface area (Å²) in [7, 11) is 0. The fourth-order valence-electron chi connectivity index (χ4n) is 1.66. The van der Waals surface area contributed by atoms with Crippen LogP contribution in [0.2, 0.25) is 0 Å². The summed E-state index contributed by atoms with van der Waals surface area (Å²) in [6.07, 6.45) is 2.89. The van der Waals surface area contributed by atoms with Crippen molar-refractivity contribution in [3.8, 4) is 5.75 Å². The molecular weight excluding hydrogens is 262 g/mol. The summed E-state index contributed by atoms with van der Waals surface area (Å²) in [6, 6.07) is 4.28. The summed E-state index contributed by atoms with van der Waals surface area (Å²) in [5.41, 5.74) is -0.281. The Morgan fingerprint density at radius 2 is 2.30 bits per heavy atom. The minimum atomic E-state index is -0.733. The van der Waals surface area contributed by atoms with Crippen LogP contribution in [-0.4, -0.2) is 29.5 Å². The van der Waals surface area contributed by atoms with Gasteiger partial charge in [-0.1, -0.05) is 0 Å². The largest absolute Gasteiger partial charge is 0.493 e. The van der Waals surface area contributed by atoms with E-state index in [2.05, 4.69) is 0 Å². The van der Waals surface area contributed by atoms with Crippen molar-refractivity contribution >= 4 is 17.5 Å². The van der Waals surface area contributed by atoms with E-state index in [9.17, 15) is 14.9 Å². The van der Waals surface area contributed by atoms with Gasteiger partial charge in [-0.25, -0.2) is 0 Å². The first-order valence-corrected chi connectivity index (χ1v) is 6.24. The molecule has 0 spiro atoms. The predicted octanol–water partition coefficient (Wildman–Crippen LogP) is 2.36. The van der Waals surface area contributed by atoms with Gasteiger partial charge in [-0.05, 0) is 32.1 Å². The van der Waals surface area contributed by atoms with Gasteiger partial charge >= 0.3 is 0 Å². The monoisotopic (exact) mass is 277 g/mol. The molecule has 1 heterocycles. The maximum atomic E-state index is 11.8. The molecule has 0 saturated carbocycles. The maximum absolute atomic E-state index is 11.8. The first kappa shape index (κ1) is 14.2. The smallest absolute Gasteiger partial charge is 0.270 e. The Labute approximate surface area is 116 Å². The second-order valence-electron chi connectivity index (χ2n) is 4.63. The molecule has 1 atom stereocenters. The highest BCUT2D eigenvalue weighted by Crippen LogP contribution is 2.29. The molecule has 0 bridgehead atoms. The number of ketones is 1. The Kier molecular flexibility index (Phi) is 3.85. The van der Waals surface area contributed by atoms with Crippen molar-refractivity contribution in [3.63, 3.8) is 0 Å². The molecule has 0 amide bonds. The highest BCUT2D eigenvalue weighted by Gasteiger charge is 2.45. The average molecular weight is 277 g/mol. The van der Waals surface area contributed by atoms with Gasteiger partial charge in [0.1, 0.15) is 5.75 Å². The van der Waals surface area contributed by atoms with Crippen LogP contribution < -0.4 is 4.74 Å². The van der Waals surface area contributed by atoms with Crippen LogP contribution >= 0.6 is 0 Å². The Balaban J connectivity index is 2.27. The van der Waals surface area contributed by atoms with Gasteiger partial charge in [0, 0.05) is 17.7 Å². The molecule has 1 fully saturated rings. The average Bonchev–Trinajstić information content (AvgIpc) is 3.16. The molecule has 2 rings (SSSR count). The zero-order chi connectivity index (χ0) is 14.8. The van der Waals surface area contributed by atoms with E-state index in [1.54, 1.807) is 6.92 Å². The van der Waals surface area contributed by atoms with Crippen LogP contribution in [0.15, 0.2) is 24.3 Å². The summed E-state index contributed by atoms with van der Waals surface area (Å²) >= 11 is 0. The van der Waals surface area contributed by atoms with Crippen molar-refractivity contribution in [1.29, 1.82) is 0 Å². The number of nitro benzene ring substituents is 1. The summed E-state index contributed by atoms with van der Waals surface area (Å²) < 4.78 is 10.4. The lowest BCUT2D eigenvalue weighted by Crippen LogP contribution is -2.17. The highest BCUT2D eigenvalue weighted by molar-refractivity contribution is 6.01. The molecular formula is C14H15NO5. The number of hydrogen-bond acceptors (Lipinski definition) is 5. The number of carbonyl (C=O) groups excluding carboxylic acids is 1. The van der Waals surface area contributed by atoms with Gasteiger partial charge in [0.2, 0.25) is 0 Å². The van der Waals surface area contributed by atoms with E-state index in [0.717, 1.165) is 0 Å². The predicted molar refractivity (Wildman–Crippen MR) is 72.7 cm³/mol. The molecule has 6 nitrogen and oxygen atoms in total. The van der Waals surface area contributed by atoms with Crippen molar-refractivity contribution in [2.75, 3.05) is 13.2 Å². The molecule has 1 aliphatic heterocycles. The number of nitro groups is 1. The van der Waals surface area contributed by atoms with Crippen LogP contribution in [-0.2, 0) is 9.53 Å². The number of rotatable bonds is 6. The first-order valence-electron chi connectivity index (χ1n) is 6.24. The van der Waals surface area contributed by atoms with Crippen molar-refractivity contribution in [2.45, 2.75) is 19.4 Å². The summed E-state index contributed by atoms with van der Waals surface area (Å²) in [5.74, 6) is 0.343. The van der Waals surface area contributed by atoms with Gasteiger partial charge in [0.15, 0.2) is 11.4 Å². The van der Waals surface area contributed by atoms with Crippen LogP contribution in [0.25, 0.3) is 6.08 Å². The molecule has 0 unspecified atom stereocenters. The Hall–Kier alpha value is -2.21. The van der Waals surface area contributed by atoms with Crippen molar-refractivity contribution in [1.82, 2.24) is 0 Å². The lowest BCUT2D eigenvalue weighted by atomic mass is 10.1. The van der Waals surface area contributed by atoms with E-state index < -0.39 is 10.5 Å². The highest BCUT2D eigenvalue weighted by atomic mass is 16.6. The third kappa shape index (κ3) is 3.03. The van der Waals surface area contributed by atoms with E-state index in [-0.39, 0.29) is 11.5 Å². The molecule has 20 heavy (non-hydrogen) atoms. The Morgan fingerprint density at radius 3 is 2.85 bits per heavy atom. The normalized spacial score (nSPS) is 20.9. The maximum Gasteiger partial charge on any atom is 0.270 e. The van der Waals surface area contributed by atoms with E-state index >= 15 is 0 Å². The molecule has 1 aromatic rings. The van der Waals surface area contributed by atoms with E-state index in [4.69, 9.17) is 9.47 Å². The minimum Gasteiger partial charge on any atom is -0.493 e. The van der Waals surface area contributed by atoms with E-state index in [1.807, 2.05) is 6.92 Å². The second kappa shape index (κ2) is 5.42. The molecule has 106 valence electrons. The summed E-state index contributed by atoms with van der Waals surface area (Å²) in [4.78, 5) is 22.1. The topological polar surface area (TPSA) is 82.0 Å². The lowest BCUT2D eigenvalue weighted by molar-refractivity contribution is -0.384. The molecule has 0 aliphatic carbocycles. The number of hydrogen-bond donors (Lipinski definition) is 0. The number of benzene rings is 1. The van der Waals surface area contributed by atoms with Crippen molar-refractivity contribution < 1.29 is 19.2 Å². The zero-order valence-electron chi connectivity index (χ0n) is 11.3. The van der Waals surface area contributed by atoms with Crippen molar-refractivity contribution in [2.24, 2.45) is 0 Å². The Morgan fingerprint density at radius 1 is 1.60 bits per heavy atom. The number of non-ortho nitro benzene ring substituents is 1. The number of epoxide rings is 1. The molecule has 1 aromatic carbocycles. The summed E-state index contributed by atoms with van der Waals surface area (Å²) in [5, 5.41) is 10.8. The molecule has 0 aromatic heterocycles. The fourth-order valence-corrected chi connectivity index (χ4v) is 1.66. The molecule has 6 heteroatoms. The van der Waals surface area contributed by atoms with E-state index in [0.29, 0.717) is 24.5 Å². The standard InChI is InChI=1S/C14H15NO5/c1-3-19-12-6-5-11(15(17)18)8-10(12)4-7-13(16)14(2)9-20-14/h4-8H,3,9H2,1-2H3/b7-4+/t14-/m0/s1. The van der Waals surface area contributed by atoms with Crippen LogP contribution in [0.4, 0.5) is 5.69 Å². The van der Waals surface area contributed by atoms with E-state index in [1.165, 1.54) is 30.4 Å².